The number of nitrogens with one attached hydrogen (secondary N) is 1. The van der Waals surface area contributed by atoms with Gasteiger partial charge in [-0.05, 0) is 86.5 Å². The number of ether oxygens (including phenoxy) is 3. The second kappa shape index (κ2) is 16.5. The number of carboxylic acid groups (broad SMARTS) is 1. The number of likely N-dealkylation sites (tertiary alicyclic amines) is 1. The third kappa shape index (κ3) is 10.4. The van der Waals surface area contributed by atoms with Gasteiger partial charge >= 0.3 is 11.9 Å². The fraction of sp³-hybridized carbons (Fsp3) is 0.462. The Labute approximate surface area is 288 Å². The van der Waals surface area contributed by atoms with E-state index < -0.39 is 17.9 Å². The summed E-state index contributed by atoms with van der Waals surface area (Å²) in [7, 11) is 0. The number of carbonyl (C=O) groups is 3. The molecule has 1 amide bonds. The van der Waals surface area contributed by atoms with E-state index in [1.54, 1.807) is 0 Å². The summed E-state index contributed by atoms with van der Waals surface area (Å²) in [5.74, 6) is -1.29. The van der Waals surface area contributed by atoms with E-state index in [1.807, 2.05) is 87.5 Å². The van der Waals surface area contributed by atoms with E-state index in [4.69, 9.17) is 19.3 Å². The van der Waals surface area contributed by atoms with Gasteiger partial charge in [0.15, 0.2) is 6.29 Å². The van der Waals surface area contributed by atoms with E-state index >= 15 is 0 Å². The van der Waals surface area contributed by atoms with Crippen molar-refractivity contribution in [1.29, 1.82) is 0 Å². The number of carbonyl (C=O) groups excluding carboxylic acids is 2. The van der Waals surface area contributed by atoms with Crippen LogP contribution in [0.2, 0.25) is 0 Å². The Morgan fingerprint density at radius 2 is 1.65 bits per heavy atom. The Balaban J connectivity index is 1.32. The Hall–Kier alpha value is -4.09. The Kier molecular flexibility index (Phi) is 12.2. The molecular weight excluding hydrogens is 624 g/mol. The smallest absolute Gasteiger partial charge is 0.323 e. The van der Waals surface area contributed by atoms with Gasteiger partial charge in [-0.15, -0.1) is 0 Å². The summed E-state index contributed by atoms with van der Waals surface area (Å²) in [5, 5.41) is 21.3. The zero-order chi connectivity index (χ0) is 35.0. The quantitative estimate of drug-likeness (QED) is 0.185. The van der Waals surface area contributed by atoms with Crippen molar-refractivity contribution in [3.63, 3.8) is 0 Å². The van der Waals surface area contributed by atoms with Crippen LogP contribution in [0.3, 0.4) is 0 Å². The van der Waals surface area contributed by atoms with Crippen molar-refractivity contribution in [2.45, 2.75) is 103 Å². The van der Waals surface area contributed by atoms with Gasteiger partial charge in [-0.1, -0.05) is 60.7 Å². The fourth-order valence-electron chi connectivity index (χ4n) is 6.39. The molecule has 3 aromatic rings. The zero-order valence-corrected chi connectivity index (χ0v) is 28.6. The fourth-order valence-corrected chi connectivity index (χ4v) is 6.39. The highest BCUT2D eigenvalue weighted by atomic mass is 16.7. The third-order valence-corrected chi connectivity index (χ3v) is 8.80. The van der Waals surface area contributed by atoms with Crippen LogP contribution in [-0.4, -0.2) is 63.8 Å². The molecule has 0 radical (unpaired) electrons. The van der Waals surface area contributed by atoms with Crippen LogP contribution in [0.25, 0.3) is 11.1 Å². The van der Waals surface area contributed by atoms with Crippen molar-refractivity contribution in [1.82, 2.24) is 10.2 Å². The number of nitrogens with zero attached hydrogens (tertiary/aromatic N) is 1. The summed E-state index contributed by atoms with van der Waals surface area (Å²) in [6.45, 7) is 7.33. The molecule has 2 saturated heterocycles. The standard InChI is InChI=1S/C39H48N2O8/c1-39(2,3)49-37(46)33-12-7-19-41(33)24-32-22-34(28-17-15-26(25-42)16-18-28)48-38(47-32)31-11-5-10-30(21-31)29-9-4-8-27(20-29)23-40-35(43)13-6-14-36(44)45/h4-5,8-11,15-18,20-21,32-34,38,42H,6-7,12-14,19,22-25H2,1-3H3,(H,40,43)(H,44,45)/t32-,33+,34+,38+/m1/s1. The molecule has 0 saturated carbocycles. The molecule has 3 aromatic carbocycles. The van der Waals surface area contributed by atoms with Gasteiger partial charge in [0, 0.05) is 37.9 Å². The van der Waals surface area contributed by atoms with Crippen LogP contribution in [0, 0.1) is 0 Å². The summed E-state index contributed by atoms with van der Waals surface area (Å²) < 4.78 is 19.0. The van der Waals surface area contributed by atoms with Crippen molar-refractivity contribution < 1.29 is 38.8 Å². The van der Waals surface area contributed by atoms with E-state index in [2.05, 4.69) is 16.3 Å². The lowest BCUT2D eigenvalue weighted by Gasteiger charge is -2.38. The van der Waals surface area contributed by atoms with Crippen LogP contribution < -0.4 is 5.32 Å². The van der Waals surface area contributed by atoms with Crippen LogP contribution in [0.5, 0.6) is 0 Å². The van der Waals surface area contributed by atoms with Gasteiger partial charge in [0.25, 0.3) is 0 Å². The van der Waals surface area contributed by atoms with Crippen molar-refractivity contribution in [3.05, 3.63) is 95.1 Å². The van der Waals surface area contributed by atoms with Gasteiger partial charge in [0.1, 0.15) is 11.6 Å². The second-order valence-electron chi connectivity index (χ2n) is 13.9. The Morgan fingerprint density at radius 1 is 0.918 bits per heavy atom. The van der Waals surface area contributed by atoms with Gasteiger partial charge in [0.2, 0.25) is 5.91 Å². The van der Waals surface area contributed by atoms with Crippen molar-refractivity contribution >= 4 is 17.8 Å². The Bertz CT molecular complexity index is 1580. The highest BCUT2D eigenvalue weighted by Gasteiger charge is 2.39. The number of aliphatic carboxylic acids is 1. The molecule has 49 heavy (non-hydrogen) atoms. The van der Waals surface area contributed by atoms with E-state index in [0.717, 1.165) is 52.8 Å². The van der Waals surface area contributed by atoms with Gasteiger partial charge < -0.3 is 29.7 Å². The lowest BCUT2D eigenvalue weighted by molar-refractivity contribution is -0.253. The van der Waals surface area contributed by atoms with E-state index in [-0.39, 0.29) is 49.6 Å². The van der Waals surface area contributed by atoms with Crippen LogP contribution >= 0.6 is 0 Å². The molecule has 0 unspecified atom stereocenters. The first kappa shape index (κ1) is 36.2. The lowest BCUT2D eigenvalue weighted by Crippen LogP contribution is -2.45. The number of aliphatic hydroxyl groups excluding tert-OH is 1. The van der Waals surface area contributed by atoms with Crippen molar-refractivity contribution in [3.8, 4) is 11.1 Å². The molecule has 2 heterocycles. The van der Waals surface area contributed by atoms with Crippen molar-refractivity contribution in [2.24, 2.45) is 0 Å². The van der Waals surface area contributed by atoms with Crippen LogP contribution in [-0.2, 0) is 41.7 Å². The minimum Gasteiger partial charge on any atom is -0.481 e. The minimum atomic E-state index is -0.909. The lowest BCUT2D eigenvalue weighted by atomic mass is 9.98. The van der Waals surface area contributed by atoms with Crippen LogP contribution in [0.1, 0.15) is 93.9 Å². The first-order chi connectivity index (χ1) is 23.5. The summed E-state index contributed by atoms with van der Waals surface area (Å²) >= 11 is 0. The van der Waals surface area contributed by atoms with E-state index in [9.17, 15) is 19.5 Å². The first-order valence-corrected chi connectivity index (χ1v) is 17.1. The monoisotopic (exact) mass is 672 g/mol. The number of carboxylic acids is 1. The third-order valence-electron chi connectivity index (χ3n) is 8.80. The van der Waals surface area contributed by atoms with Crippen LogP contribution in [0.4, 0.5) is 0 Å². The summed E-state index contributed by atoms with van der Waals surface area (Å²) in [6, 6.07) is 23.4. The molecule has 0 aromatic heterocycles. The topological polar surface area (TPSA) is 135 Å². The number of benzene rings is 3. The molecule has 5 rings (SSSR count). The molecule has 2 aliphatic heterocycles. The highest BCUT2D eigenvalue weighted by Crippen LogP contribution is 2.39. The Morgan fingerprint density at radius 3 is 2.37 bits per heavy atom. The maximum Gasteiger partial charge on any atom is 0.323 e. The molecular formula is C39H48N2O8. The number of amides is 1. The molecule has 3 N–H and O–H groups in total. The summed E-state index contributed by atoms with van der Waals surface area (Å²) in [4.78, 5) is 38.2. The number of rotatable bonds is 13. The van der Waals surface area contributed by atoms with E-state index in [0.29, 0.717) is 25.9 Å². The molecule has 2 aliphatic rings. The average Bonchev–Trinajstić information content (AvgIpc) is 3.55. The first-order valence-electron chi connectivity index (χ1n) is 17.1. The second-order valence-corrected chi connectivity index (χ2v) is 13.9. The zero-order valence-electron chi connectivity index (χ0n) is 28.6. The number of aliphatic hydroxyl groups is 1. The molecule has 10 heteroatoms. The summed E-state index contributed by atoms with van der Waals surface area (Å²) in [6.07, 6.45) is 1.59. The van der Waals surface area contributed by atoms with Crippen LogP contribution in [0.15, 0.2) is 72.8 Å². The normalized spacial score (nSPS) is 21.3. The molecule has 10 nitrogen and oxygen atoms in total. The average molecular weight is 673 g/mol. The van der Waals surface area contributed by atoms with Gasteiger partial charge in [0.05, 0.1) is 18.8 Å². The van der Waals surface area contributed by atoms with E-state index in [1.165, 1.54) is 0 Å². The molecule has 2 fully saturated rings. The molecule has 4 atom stereocenters. The number of esters is 1. The predicted octanol–water partition coefficient (Wildman–Crippen LogP) is 6.07. The van der Waals surface area contributed by atoms with Gasteiger partial charge in [-0.2, -0.15) is 0 Å². The predicted molar refractivity (Wildman–Crippen MR) is 184 cm³/mol. The van der Waals surface area contributed by atoms with Crippen molar-refractivity contribution in [2.75, 3.05) is 13.1 Å². The molecule has 0 aliphatic carbocycles. The largest absolute Gasteiger partial charge is 0.481 e. The highest BCUT2D eigenvalue weighted by molar-refractivity contribution is 5.77. The van der Waals surface area contributed by atoms with Gasteiger partial charge in [-0.3, -0.25) is 19.3 Å². The van der Waals surface area contributed by atoms with Gasteiger partial charge in [-0.25, -0.2) is 0 Å². The minimum absolute atomic E-state index is 0.0317. The maximum atomic E-state index is 13.1. The summed E-state index contributed by atoms with van der Waals surface area (Å²) in [5.41, 5.74) is 5.00. The number of hydrogen-bond donors (Lipinski definition) is 3. The molecule has 0 bridgehead atoms. The SMILES string of the molecule is CC(C)(C)OC(=O)[C@@H]1CCCN1C[C@H]1C[C@@H](c2ccc(CO)cc2)O[C@@H](c2cccc(-c3cccc(CNC(=O)CCCC(=O)O)c3)c2)O1. The maximum absolute atomic E-state index is 13.1. The molecule has 0 spiro atoms. The number of hydrogen-bond acceptors (Lipinski definition) is 8. The molecule has 262 valence electrons.